The van der Waals surface area contributed by atoms with Crippen LogP contribution < -0.4 is 5.32 Å². The number of aromatic nitrogens is 2. The Kier molecular flexibility index (Phi) is 5.44. The van der Waals surface area contributed by atoms with E-state index in [-0.39, 0.29) is 11.4 Å². The SMILES string of the molecule is CC(C)CC(O)CNc1nc(Cl)ncc1Br. The minimum atomic E-state index is -0.388. The van der Waals surface area contributed by atoms with Gasteiger partial charge in [-0.05, 0) is 39.9 Å². The summed E-state index contributed by atoms with van der Waals surface area (Å²) in [5.74, 6) is 1.07. The lowest BCUT2D eigenvalue weighted by Gasteiger charge is -2.14. The molecule has 0 aliphatic heterocycles. The first kappa shape index (κ1) is 13.7. The molecule has 1 atom stereocenters. The molecule has 0 aromatic carbocycles. The van der Waals surface area contributed by atoms with Crippen molar-refractivity contribution in [3.8, 4) is 0 Å². The molecule has 1 rings (SSSR count). The monoisotopic (exact) mass is 307 g/mol. The van der Waals surface area contributed by atoms with E-state index >= 15 is 0 Å². The second-order valence-corrected chi connectivity index (χ2v) is 5.19. The van der Waals surface area contributed by atoms with Gasteiger partial charge in [0.15, 0.2) is 0 Å². The van der Waals surface area contributed by atoms with Crippen molar-refractivity contribution in [3.05, 3.63) is 16.0 Å². The molecule has 0 radical (unpaired) electrons. The molecule has 0 fully saturated rings. The Morgan fingerprint density at radius 1 is 1.56 bits per heavy atom. The van der Waals surface area contributed by atoms with E-state index < -0.39 is 0 Å². The summed E-state index contributed by atoms with van der Waals surface area (Å²) in [5, 5.41) is 12.9. The topological polar surface area (TPSA) is 58.0 Å². The Balaban J connectivity index is 2.51. The Morgan fingerprint density at radius 3 is 2.88 bits per heavy atom. The maximum Gasteiger partial charge on any atom is 0.224 e. The van der Waals surface area contributed by atoms with E-state index in [0.717, 1.165) is 10.9 Å². The molecule has 1 heterocycles. The van der Waals surface area contributed by atoms with Crippen molar-refractivity contribution in [2.24, 2.45) is 5.92 Å². The lowest BCUT2D eigenvalue weighted by Crippen LogP contribution is -2.21. The molecule has 0 bridgehead atoms. The van der Waals surface area contributed by atoms with Crippen molar-refractivity contribution >= 4 is 33.3 Å². The van der Waals surface area contributed by atoms with Crippen LogP contribution >= 0.6 is 27.5 Å². The van der Waals surface area contributed by atoms with Crippen LogP contribution in [0.2, 0.25) is 5.28 Å². The van der Waals surface area contributed by atoms with Crippen LogP contribution in [0.3, 0.4) is 0 Å². The minimum absolute atomic E-state index is 0.184. The molecule has 0 spiro atoms. The van der Waals surface area contributed by atoms with Gasteiger partial charge in [-0.15, -0.1) is 0 Å². The number of nitrogens with one attached hydrogen (secondary N) is 1. The Morgan fingerprint density at radius 2 is 2.25 bits per heavy atom. The van der Waals surface area contributed by atoms with Crippen molar-refractivity contribution in [2.75, 3.05) is 11.9 Å². The number of aliphatic hydroxyl groups excluding tert-OH is 1. The van der Waals surface area contributed by atoms with Gasteiger partial charge in [-0.3, -0.25) is 0 Å². The number of rotatable bonds is 5. The van der Waals surface area contributed by atoms with E-state index in [9.17, 15) is 5.11 Å². The maximum absolute atomic E-state index is 9.69. The molecule has 1 aromatic rings. The second-order valence-electron chi connectivity index (χ2n) is 4.00. The van der Waals surface area contributed by atoms with Gasteiger partial charge < -0.3 is 10.4 Å². The largest absolute Gasteiger partial charge is 0.391 e. The zero-order valence-electron chi connectivity index (χ0n) is 9.24. The first-order valence-electron chi connectivity index (χ1n) is 5.09. The molecule has 1 unspecified atom stereocenters. The average molecular weight is 309 g/mol. The van der Waals surface area contributed by atoms with Crippen molar-refractivity contribution in [1.82, 2.24) is 9.97 Å². The van der Waals surface area contributed by atoms with Crippen molar-refractivity contribution in [1.29, 1.82) is 0 Å². The number of hydrogen-bond donors (Lipinski definition) is 2. The molecule has 0 amide bonds. The van der Waals surface area contributed by atoms with Crippen molar-refractivity contribution in [3.63, 3.8) is 0 Å². The third-order valence-electron chi connectivity index (χ3n) is 1.96. The summed E-state index contributed by atoms with van der Waals surface area (Å²) in [6.07, 6.45) is 1.94. The van der Waals surface area contributed by atoms with Crippen molar-refractivity contribution in [2.45, 2.75) is 26.4 Å². The van der Waals surface area contributed by atoms with Gasteiger partial charge in [0.05, 0.1) is 10.6 Å². The highest BCUT2D eigenvalue weighted by Crippen LogP contribution is 2.20. The van der Waals surface area contributed by atoms with Crippen LogP contribution in [-0.4, -0.2) is 27.7 Å². The predicted molar refractivity (Wildman–Crippen MR) is 68.7 cm³/mol. The number of halogens is 2. The lowest BCUT2D eigenvalue weighted by molar-refractivity contribution is 0.161. The van der Waals surface area contributed by atoms with Crippen molar-refractivity contribution < 1.29 is 5.11 Å². The van der Waals surface area contributed by atoms with E-state index in [2.05, 4.69) is 45.1 Å². The summed E-state index contributed by atoms with van der Waals surface area (Å²) in [4.78, 5) is 7.83. The number of nitrogens with zero attached hydrogens (tertiary/aromatic N) is 2. The third-order valence-corrected chi connectivity index (χ3v) is 2.73. The molecular weight excluding hydrogens is 293 g/mol. The van der Waals surface area contributed by atoms with Gasteiger partial charge in [0, 0.05) is 12.7 Å². The van der Waals surface area contributed by atoms with E-state index in [1.165, 1.54) is 0 Å². The predicted octanol–water partition coefficient (Wildman–Crippen LogP) is 2.71. The fourth-order valence-corrected chi connectivity index (χ4v) is 1.78. The fraction of sp³-hybridized carbons (Fsp3) is 0.600. The van der Waals surface area contributed by atoms with Crippen LogP contribution in [-0.2, 0) is 0 Å². The number of anilines is 1. The van der Waals surface area contributed by atoms with Gasteiger partial charge >= 0.3 is 0 Å². The molecule has 16 heavy (non-hydrogen) atoms. The summed E-state index contributed by atoms with van der Waals surface area (Å²) in [7, 11) is 0. The van der Waals surface area contributed by atoms with Gasteiger partial charge in [0.1, 0.15) is 5.82 Å². The summed E-state index contributed by atoms with van der Waals surface area (Å²) in [6.45, 7) is 4.59. The smallest absolute Gasteiger partial charge is 0.224 e. The first-order chi connectivity index (χ1) is 7.49. The quantitative estimate of drug-likeness (QED) is 0.821. The normalized spacial score (nSPS) is 12.9. The molecule has 1 aromatic heterocycles. The number of aliphatic hydroxyl groups is 1. The Bertz CT molecular complexity index is 349. The minimum Gasteiger partial charge on any atom is -0.391 e. The van der Waals surface area contributed by atoms with Crippen LogP contribution in [0.5, 0.6) is 0 Å². The van der Waals surface area contributed by atoms with Crippen LogP contribution in [0.15, 0.2) is 10.7 Å². The second kappa shape index (κ2) is 6.37. The maximum atomic E-state index is 9.69. The van der Waals surface area contributed by atoms with Crippen LogP contribution in [0.1, 0.15) is 20.3 Å². The van der Waals surface area contributed by atoms with Crippen LogP contribution in [0, 0.1) is 5.92 Å². The third kappa shape index (κ3) is 4.63. The summed E-state index contributed by atoms with van der Waals surface area (Å²) >= 11 is 8.97. The van der Waals surface area contributed by atoms with Crippen LogP contribution in [0.25, 0.3) is 0 Å². The van der Waals surface area contributed by atoms with Gasteiger partial charge in [-0.2, -0.15) is 4.98 Å². The Hall–Kier alpha value is -0.390. The van der Waals surface area contributed by atoms with E-state index in [4.69, 9.17) is 11.6 Å². The highest BCUT2D eigenvalue weighted by Gasteiger charge is 2.09. The van der Waals surface area contributed by atoms with Crippen LogP contribution in [0.4, 0.5) is 5.82 Å². The molecule has 2 N–H and O–H groups in total. The van der Waals surface area contributed by atoms with Gasteiger partial charge in [0.25, 0.3) is 0 Å². The van der Waals surface area contributed by atoms with E-state index in [1.807, 2.05) is 0 Å². The molecule has 0 aliphatic rings. The highest BCUT2D eigenvalue weighted by molar-refractivity contribution is 9.10. The zero-order valence-corrected chi connectivity index (χ0v) is 11.6. The Labute approximate surface area is 109 Å². The summed E-state index contributed by atoms with van der Waals surface area (Å²) in [5.41, 5.74) is 0. The molecule has 0 saturated carbocycles. The highest BCUT2D eigenvalue weighted by atomic mass is 79.9. The molecule has 4 nitrogen and oxygen atoms in total. The van der Waals surface area contributed by atoms with E-state index in [0.29, 0.717) is 18.3 Å². The van der Waals surface area contributed by atoms with Gasteiger partial charge in [-0.1, -0.05) is 13.8 Å². The molecule has 6 heteroatoms. The number of hydrogen-bond acceptors (Lipinski definition) is 4. The summed E-state index contributed by atoms with van der Waals surface area (Å²) < 4.78 is 0.730. The van der Waals surface area contributed by atoms with Gasteiger partial charge in [0.2, 0.25) is 5.28 Å². The zero-order chi connectivity index (χ0) is 12.1. The molecule has 0 saturated heterocycles. The average Bonchev–Trinajstić information content (AvgIpc) is 2.18. The standard InChI is InChI=1S/C10H15BrClN3O/c1-6(2)3-7(16)4-13-9-8(11)5-14-10(12)15-9/h5-7,16H,3-4H2,1-2H3,(H,13,14,15). The molecular formula is C10H15BrClN3O. The first-order valence-corrected chi connectivity index (χ1v) is 6.26. The molecule has 0 aliphatic carbocycles. The summed E-state index contributed by atoms with van der Waals surface area (Å²) in [6, 6.07) is 0. The fourth-order valence-electron chi connectivity index (χ4n) is 1.31. The lowest BCUT2D eigenvalue weighted by atomic mass is 10.1. The molecule has 90 valence electrons. The van der Waals surface area contributed by atoms with E-state index in [1.54, 1.807) is 6.20 Å². The van der Waals surface area contributed by atoms with Gasteiger partial charge in [-0.25, -0.2) is 4.98 Å².